The van der Waals surface area contributed by atoms with E-state index in [1.807, 2.05) is 6.92 Å². The van der Waals surface area contributed by atoms with E-state index < -0.39 is 0 Å². The minimum Gasteiger partial charge on any atom is -0.327 e. The number of hydrogen-bond donors (Lipinski definition) is 2. The Morgan fingerprint density at radius 3 is 2.86 bits per heavy atom. The molecule has 0 aromatic carbocycles. The van der Waals surface area contributed by atoms with Gasteiger partial charge in [0.15, 0.2) is 5.16 Å². The molecular weight excluding hydrogens is 302 g/mol. The van der Waals surface area contributed by atoms with Crippen molar-refractivity contribution in [2.45, 2.75) is 50.1 Å². The fourth-order valence-electron chi connectivity index (χ4n) is 2.12. The first-order valence-corrected chi connectivity index (χ1v) is 8.83. The third-order valence-corrected chi connectivity index (χ3v) is 5.74. The van der Waals surface area contributed by atoms with Crippen LogP contribution in [0.1, 0.15) is 41.7 Å². The van der Waals surface area contributed by atoms with E-state index in [-0.39, 0.29) is 16.9 Å². The normalized spacial score (nSPS) is 14.1. The lowest BCUT2D eigenvalue weighted by Crippen LogP contribution is -2.23. The van der Waals surface area contributed by atoms with Crippen molar-refractivity contribution in [3.63, 3.8) is 0 Å². The van der Waals surface area contributed by atoms with Crippen LogP contribution >= 0.6 is 23.1 Å². The second kappa shape index (κ2) is 7.24. The highest BCUT2D eigenvalue weighted by atomic mass is 32.2. The van der Waals surface area contributed by atoms with Gasteiger partial charge >= 0.3 is 0 Å². The first-order valence-electron chi connectivity index (χ1n) is 7.07. The minimum atomic E-state index is -0.0951. The zero-order chi connectivity index (χ0) is 15.4. The van der Waals surface area contributed by atoms with E-state index >= 15 is 0 Å². The van der Waals surface area contributed by atoms with Gasteiger partial charge in [-0.1, -0.05) is 25.1 Å². The third kappa shape index (κ3) is 4.18. The summed E-state index contributed by atoms with van der Waals surface area (Å²) in [7, 11) is 0. The van der Waals surface area contributed by atoms with Gasteiger partial charge in [-0.05, 0) is 37.3 Å². The fourth-order valence-corrected chi connectivity index (χ4v) is 4.53. The molecule has 2 rings (SSSR count). The summed E-state index contributed by atoms with van der Waals surface area (Å²) in [5.41, 5.74) is 8.13. The van der Waals surface area contributed by atoms with Gasteiger partial charge in [0.25, 0.3) is 5.56 Å². The highest BCUT2D eigenvalue weighted by Gasteiger charge is 2.22. The Hall–Kier alpha value is -1.11. The average Bonchev–Trinajstić information content (AvgIpc) is 2.81. The maximum absolute atomic E-state index is 11.8. The van der Waals surface area contributed by atoms with Gasteiger partial charge in [0.05, 0.1) is 5.25 Å². The largest absolute Gasteiger partial charge is 0.327 e. The lowest BCUT2D eigenvalue weighted by Gasteiger charge is -2.19. The Bertz CT molecular complexity index is 648. The summed E-state index contributed by atoms with van der Waals surface area (Å²) in [5.74, 6) is 0. The Morgan fingerprint density at radius 2 is 2.29 bits per heavy atom. The molecule has 0 aliphatic rings. The van der Waals surface area contributed by atoms with Gasteiger partial charge in [0.2, 0.25) is 0 Å². The number of nitrogens with one attached hydrogen (secondary N) is 1. The first-order chi connectivity index (χ1) is 10.0. The van der Waals surface area contributed by atoms with Crippen molar-refractivity contribution in [2.24, 2.45) is 5.73 Å². The molecule has 21 heavy (non-hydrogen) atoms. The van der Waals surface area contributed by atoms with Gasteiger partial charge in [-0.3, -0.25) is 4.79 Å². The van der Waals surface area contributed by atoms with Crippen molar-refractivity contribution in [1.82, 2.24) is 9.97 Å². The predicted octanol–water partition coefficient (Wildman–Crippen LogP) is 3.27. The van der Waals surface area contributed by atoms with Crippen LogP contribution in [0.5, 0.6) is 0 Å². The third-order valence-electron chi connectivity index (χ3n) is 3.16. The van der Waals surface area contributed by atoms with E-state index in [4.69, 9.17) is 5.73 Å². The minimum absolute atomic E-state index is 0.0208. The summed E-state index contributed by atoms with van der Waals surface area (Å²) >= 11 is 3.24. The van der Waals surface area contributed by atoms with Crippen LogP contribution < -0.4 is 11.3 Å². The summed E-state index contributed by atoms with van der Waals surface area (Å²) in [4.78, 5) is 20.4. The highest BCUT2D eigenvalue weighted by Crippen LogP contribution is 2.39. The molecule has 2 heterocycles. The molecule has 0 saturated carbocycles. The number of nitrogens with zero attached hydrogens (tertiary/aromatic N) is 1. The molecule has 0 amide bonds. The Kier molecular flexibility index (Phi) is 5.61. The number of thioether (sulfide) groups is 1. The van der Waals surface area contributed by atoms with Crippen LogP contribution in [-0.4, -0.2) is 16.0 Å². The molecule has 2 unspecified atom stereocenters. The molecule has 4 nitrogen and oxygen atoms in total. The van der Waals surface area contributed by atoms with Gasteiger partial charge in [-0.15, -0.1) is 11.3 Å². The smallest absolute Gasteiger partial charge is 0.251 e. The lowest BCUT2D eigenvalue weighted by atomic mass is 10.1. The second-order valence-electron chi connectivity index (χ2n) is 5.16. The monoisotopic (exact) mass is 323 g/mol. The fraction of sp³-hybridized carbons (Fsp3) is 0.467. The molecule has 0 radical (unpaired) electrons. The van der Waals surface area contributed by atoms with Gasteiger partial charge in [-0.2, -0.15) is 0 Å². The SMILES string of the molecule is CCCc1cc(=O)[nH]c(SC(c2sccc2C)C(C)N)n1. The molecule has 2 atom stereocenters. The van der Waals surface area contributed by atoms with E-state index in [9.17, 15) is 4.79 Å². The van der Waals surface area contributed by atoms with Crippen LogP contribution in [0.25, 0.3) is 0 Å². The average molecular weight is 323 g/mol. The Morgan fingerprint density at radius 1 is 1.52 bits per heavy atom. The molecule has 6 heteroatoms. The van der Waals surface area contributed by atoms with Gasteiger partial charge in [-0.25, -0.2) is 4.98 Å². The highest BCUT2D eigenvalue weighted by molar-refractivity contribution is 7.99. The van der Waals surface area contributed by atoms with Crippen LogP contribution in [0.2, 0.25) is 0 Å². The van der Waals surface area contributed by atoms with Crippen LogP contribution in [-0.2, 0) is 6.42 Å². The van der Waals surface area contributed by atoms with E-state index in [2.05, 4.69) is 35.3 Å². The molecule has 114 valence electrons. The number of nitrogens with two attached hydrogens (primary N) is 1. The quantitative estimate of drug-likeness (QED) is 0.632. The zero-order valence-electron chi connectivity index (χ0n) is 12.6. The molecular formula is C15H21N3OS2. The van der Waals surface area contributed by atoms with E-state index in [0.29, 0.717) is 5.16 Å². The number of thiophene rings is 1. The van der Waals surface area contributed by atoms with Crippen LogP contribution in [0.3, 0.4) is 0 Å². The maximum atomic E-state index is 11.8. The van der Waals surface area contributed by atoms with Crippen molar-refractivity contribution in [1.29, 1.82) is 0 Å². The molecule has 0 aliphatic heterocycles. The maximum Gasteiger partial charge on any atom is 0.251 e. The number of aromatic nitrogens is 2. The number of rotatable bonds is 6. The van der Waals surface area contributed by atoms with Crippen molar-refractivity contribution in [3.05, 3.63) is 44.0 Å². The van der Waals surface area contributed by atoms with Gasteiger partial charge < -0.3 is 10.7 Å². The summed E-state index contributed by atoms with van der Waals surface area (Å²) in [5, 5.41) is 2.83. The number of aryl methyl sites for hydroxylation is 2. The Balaban J connectivity index is 2.29. The van der Waals surface area contributed by atoms with Gasteiger partial charge in [0, 0.05) is 22.7 Å². The standard InChI is InChI=1S/C15H21N3OS2/c1-4-5-11-8-12(19)18-15(17-11)21-14(10(3)16)13-9(2)6-7-20-13/h6-8,10,14H,4-5,16H2,1-3H3,(H,17,18,19). The molecule has 0 bridgehead atoms. The summed E-state index contributed by atoms with van der Waals surface area (Å²) in [6.45, 7) is 6.16. The van der Waals surface area contributed by atoms with Crippen LogP contribution in [0, 0.1) is 6.92 Å². The molecule has 0 spiro atoms. The summed E-state index contributed by atoms with van der Waals surface area (Å²) in [6, 6.07) is 3.65. The van der Waals surface area contributed by atoms with Crippen molar-refractivity contribution < 1.29 is 0 Å². The molecule has 3 N–H and O–H groups in total. The molecule has 0 saturated heterocycles. The van der Waals surface area contributed by atoms with Gasteiger partial charge in [0.1, 0.15) is 0 Å². The predicted molar refractivity (Wildman–Crippen MR) is 90.2 cm³/mol. The Labute approximate surface area is 133 Å². The molecule has 2 aromatic rings. The van der Waals surface area contributed by atoms with Crippen molar-refractivity contribution in [2.75, 3.05) is 0 Å². The number of H-pyrrole nitrogens is 1. The summed E-state index contributed by atoms with van der Waals surface area (Å²) < 4.78 is 0. The van der Waals surface area contributed by atoms with E-state index in [1.165, 1.54) is 10.4 Å². The molecule has 2 aromatic heterocycles. The van der Waals surface area contributed by atoms with Crippen LogP contribution in [0.4, 0.5) is 0 Å². The van der Waals surface area contributed by atoms with Crippen LogP contribution in [0.15, 0.2) is 27.5 Å². The topological polar surface area (TPSA) is 71.8 Å². The first kappa shape index (κ1) is 16.3. The lowest BCUT2D eigenvalue weighted by molar-refractivity contribution is 0.721. The van der Waals surface area contributed by atoms with Crippen molar-refractivity contribution >= 4 is 23.1 Å². The number of aromatic amines is 1. The summed E-state index contributed by atoms with van der Waals surface area (Å²) in [6.07, 6.45) is 1.79. The second-order valence-corrected chi connectivity index (χ2v) is 7.24. The molecule has 0 fully saturated rings. The van der Waals surface area contributed by atoms with E-state index in [1.54, 1.807) is 29.2 Å². The van der Waals surface area contributed by atoms with Crippen molar-refractivity contribution in [3.8, 4) is 0 Å². The zero-order valence-corrected chi connectivity index (χ0v) is 14.2. The number of hydrogen-bond acceptors (Lipinski definition) is 5. The molecule has 0 aliphatic carbocycles. The van der Waals surface area contributed by atoms with E-state index in [0.717, 1.165) is 18.5 Å².